The fraction of sp³-hybridized carbons (Fsp3) is 1.00. The van der Waals surface area contributed by atoms with Gasteiger partial charge in [-0.25, -0.2) is 0 Å². The van der Waals surface area contributed by atoms with Crippen LogP contribution in [0.5, 0.6) is 0 Å². The molecule has 1 saturated heterocycles. The van der Waals surface area contributed by atoms with E-state index < -0.39 is 0 Å². The molecular weight excluding hydrogens is 198 g/mol. The smallest absolute Gasteiger partial charge is 0.0808 e. The molecule has 2 atom stereocenters. The lowest BCUT2D eigenvalue weighted by Gasteiger charge is -2.39. The van der Waals surface area contributed by atoms with Crippen molar-refractivity contribution >= 4 is 0 Å². The minimum Gasteiger partial charge on any atom is -0.374 e. The van der Waals surface area contributed by atoms with E-state index in [-0.39, 0.29) is 11.6 Å². The van der Waals surface area contributed by atoms with E-state index in [0.29, 0.717) is 5.92 Å². The first-order valence-corrected chi connectivity index (χ1v) is 7.05. The van der Waals surface area contributed by atoms with Gasteiger partial charge in [-0.05, 0) is 44.4 Å². The predicted molar refractivity (Wildman–Crippen MR) is 67.3 cm³/mol. The van der Waals surface area contributed by atoms with Crippen LogP contribution in [-0.4, -0.2) is 18.2 Å². The summed E-state index contributed by atoms with van der Waals surface area (Å²) in [6.45, 7) is 5.44. The maximum atomic E-state index is 6.45. The molecule has 1 aliphatic heterocycles. The molecular formula is C14H27NO. The zero-order chi connectivity index (χ0) is 11.6. The topological polar surface area (TPSA) is 35.2 Å². The third-order valence-electron chi connectivity index (χ3n) is 4.93. The Morgan fingerprint density at radius 2 is 2.00 bits per heavy atom. The monoisotopic (exact) mass is 225 g/mol. The summed E-state index contributed by atoms with van der Waals surface area (Å²) in [5.41, 5.74) is 6.43. The molecule has 0 aromatic rings. The molecule has 0 spiro atoms. The van der Waals surface area contributed by atoms with Crippen molar-refractivity contribution in [1.82, 2.24) is 0 Å². The second-order valence-corrected chi connectivity index (χ2v) is 5.98. The van der Waals surface area contributed by atoms with E-state index in [1.165, 1.54) is 38.5 Å². The van der Waals surface area contributed by atoms with Crippen LogP contribution in [0.15, 0.2) is 0 Å². The van der Waals surface area contributed by atoms with Crippen molar-refractivity contribution in [2.75, 3.05) is 6.61 Å². The third kappa shape index (κ3) is 2.43. The fourth-order valence-electron chi connectivity index (χ4n) is 3.52. The highest BCUT2D eigenvalue weighted by atomic mass is 16.5. The van der Waals surface area contributed by atoms with E-state index in [4.69, 9.17) is 10.5 Å². The molecule has 16 heavy (non-hydrogen) atoms. The molecule has 2 nitrogen and oxygen atoms in total. The van der Waals surface area contributed by atoms with E-state index >= 15 is 0 Å². The highest BCUT2D eigenvalue weighted by molar-refractivity contribution is 4.95. The van der Waals surface area contributed by atoms with Crippen molar-refractivity contribution in [3.05, 3.63) is 0 Å². The van der Waals surface area contributed by atoms with Gasteiger partial charge in [0.05, 0.1) is 5.60 Å². The third-order valence-corrected chi connectivity index (χ3v) is 4.93. The SMILES string of the molecule is CCC1CCC(C(N)C2(C)CCCO2)CC1. The van der Waals surface area contributed by atoms with E-state index in [1.807, 2.05) is 0 Å². The molecule has 2 fully saturated rings. The van der Waals surface area contributed by atoms with Gasteiger partial charge in [-0.15, -0.1) is 0 Å². The first-order chi connectivity index (χ1) is 7.65. The number of hydrogen-bond donors (Lipinski definition) is 1. The molecule has 0 amide bonds. The normalized spacial score (nSPS) is 42.2. The molecule has 1 heterocycles. The van der Waals surface area contributed by atoms with Gasteiger partial charge in [0, 0.05) is 12.6 Å². The van der Waals surface area contributed by atoms with Crippen LogP contribution in [0, 0.1) is 11.8 Å². The highest BCUT2D eigenvalue weighted by Gasteiger charge is 2.41. The molecule has 2 rings (SSSR count). The predicted octanol–water partition coefficient (Wildman–Crippen LogP) is 3.10. The van der Waals surface area contributed by atoms with Gasteiger partial charge in [-0.3, -0.25) is 0 Å². The molecule has 0 aromatic carbocycles. The number of ether oxygens (including phenoxy) is 1. The molecule has 2 unspecified atom stereocenters. The Morgan fingerprint density at radius 3 is 2.50 bits per heavy atom. The minimum atomic E-state index is -0.0241. The van der Waals surface area contributed by atoms with Crippen molar-refractivity contribution < 1.29 is 4.74 Å². The maximum Gasteiger partial charge on any atom is 0.0808 e. The molecule has 1 saturated carbocycles. The van der Waals surface area contributed by atoms with Crippen LogP contribution in [0.1, 0.15) is 58.8 Å². The Morgan fingerprint density at radius 1 is 1.31 bits per heavy atom. The standard InChI is InChI=1S/C14H27NO/c1-3-11-5-7-12(8-6-11)13(15)14(2)9-4-10-16-14/h11-13H,3-10,15H2,1-2H3. The Hall–Kier alpha value is -0.0800. The maximum absolute atomic E-state index is 6.45. The average Bonchev–Trinajstić information content (AvgIpc) is 2.77. The van der Waals surface area contributed by atoms with Gasteiger partial charge in [0.1, 0.15) is 0 Å². The Bertz CT molecular complexity index is 215. The average molecular weight is 225 g/mol. The summed E-state index contributed by atoms with van der Waals surface area (Å²) in [6, 6.07) is 0.257. The fourth-order valence-corrected chi connectivity index (χ4v) is 3.52. The molecule has 2 heteroatoms. The Balaban J connectivity index is 1.88. The zero-order valence-corrected chi connectivity index (χ0v) is 10.9. The van der Waals surface area contributed by atoms with Gasteiger partial charge in [-0.1, -0.05) is 26.2 Å². The Kier molecular flexibility index (Phi) is 3.91. The van der Waals surface area contributed by atoms with Gasteiger partial charge in [0.25, 0.3) is 0 Å². The molecule has 2 N–H and O–H groups in total. The van der Waals surface area contributed by atoms with Crippen molar-refractivity contribution in [2.24, 2.45) is 17.6 Å². The first kappa shape index (κ1) is 12.4. The summed E-state index contributed by atoms with van der Waals surface area (Å²) >= 11 is 0. The Labute approximate surface area is 99.9 Å². The summed E-state index contributed by atoms with van der Waals surface area (Å²) in [4.78, 5) is 0. The lowest BCUT2D eigenvalue weighted by atomic mass is 9.73. The molecule has 0 radical (unpaired) electrons. The first-order valence-electron chi connectivity index (χ1n) is 7.05. The van der Waals surface area contributed by atoms with E-state index in [2.05, 4.69) is 13.8 Å². The van der Waals surface area contributed by atoms with E-state index in [1.54, 1.807) is 0 Å². The summed E-state index contributed by atoms with van der Waals surface area (Å²) in [6.07, 6.45) is 9.08. The quantitative estimate of drug-likeness (QED) is 0.801. The number of hydrogen-bond acceptors (Lipinski definition) is 2. The van der Waals surface area contributed by atoms with Crippen molar-refractivity contribution in [3.8, 4) is 0 Å². The second kappa shape index (κ2) is 5.05. The summed E-state index contributed by atoms with van der Waals surface area (Å²) < 4.78 is 5.88. The van der Waals surface area contributed by atoms with Crippen LogP contribution in [0.25, 0.3) is 0 Å². The van der Waals surface area contributed by atoms with Gasteiger partial charge in [0.2, 0.25) is 0 Å². The van der Waals surface area contributed by atoms with E-state index in [9.17, 15) is 0 Å². The van der Waals surface area contributed by atoms with Crippen LogP contribution in [0.3, 0.4) is 0 Å². The summed E-state index contributed by atoms with van der Waals surface area (Å²) in [5, 5.41) is 0. The zero-order valence-electron chi connectivity index (χ0n) is 10.9. The van der Waals surface area contributed by atoms with Crippen molar-refractivity contribution in [3.63, 3.8) is 0 Å². The molecule has 1 aliphatic carbocycles. The van der Waals surface area contributed by atoms with Crippen LogP contribution in [0.4, 0.5) is 0 Å². The van der Waals surface area contributed by atoms with Gasteiger partial charge >= 0.3 is 0 Å². The second-order valence-electron chi connectivity index (χ2n) is 5.98. The van der Waals surface area contributed by atoms with Crippen LogP contribution < -0.4 is 5.73 Å². The molecule has 0 bridgehead atoms. The molecule has 94 valence electrons. The van der Waals surface area contributed by atoms with Gasteiger partial charge < -0.3 is 10.5 Å². The van der Waals surface area contributed by atoms with Crippen LogP contribution >= 0.6 is 0 Å². The number of rotatable bonds is 3. The van der Waals surface area contributed by atoms with Crippen LogP contribution in [0.2, 0.25) is 0 Å². The lowest BCUT2D eigenvalue weighted by Crippen LogP contribution is -2.50. The van der Waals surface area contributed by atoms with Gasteiger partial charge in [-0.2, -0.15) is 0 Å². The molecule has 0 aromatic heterocycles. The highest BCUT2D eigenvalue weighted by Crippen LogP contribution is 2.38. The van der Waals surface area contributed by atoms with Crippen LogP contribution in [-0.2, 0) is 4.74 Å². The lowest BCUT2D eigenvalue weighted by molar-refractivity contribution is -0.0234. The van der Waals surface area contributed by atoms with Crippen molar-refractivity contribution in [1.29, 1.82) is 0 Å². The summed E-state index contributed by atoms with van der Waals surface area (Å²) in [7, 11) is 0. The van der Waals surface area contributed by atoms with E-state index in [0.717, 1.165) is 18.9 Å². The minimum absolute atomic E-state index is 0.0241. The van der Waals surface area contributed by atoms with Gasteiger partial charge in [0.15, 0.2) is 0 Å². The number of nitrogens with two attached hydrogens (primary N) is 1. The largest absolute Gasteiger partial charge is 0.374 e. The van der Waals surface area contributed by atoms with Crippen molar-refractivity contribution in [2.45, 2.75) is 70.4 Å². The summed E-state index contributed by atoms with van der Waals surface area (Å²) in [5.74, 6) is 1.66. The molecule has 2 aliphatic rings.